The molecule has 3 aromatic rings. The van der Waals surface area contributed by atoms with Crippen LogP contribution in [0.25, 0.3) is 0 Å². The van der Waals surface area contributed by atoms with Gasteiger partial charge in [0.15, 0.2) is 11.5 Å². The van der Waals surface area contributed by atoms with E-state index in [1.807, 2.05) is 18.2 Å². The SMILES string of the molecule is O=C(NCCc1cccc(Cl)c1)c1ccc(Nc2ccc(F)cc2F)nn1. The Morgan fingerprint density at radius 2 is 1.89 bits per heavy atom. The summed E-state index contributed by atoms with van der Waals surface area (Å²) in [5.41, 5.74) is 1.20. The zero-order valence-corrected chi connectivity index (χ0v) is 14.8. The average Bonchev–Trinajstić information content (AvgIpc) is 2.64. The number of rotatable bonds is 6. The van der Waals surface area contributed by atoms with E-state index in [1.165, 1.54) is 18.2 Å². The molecule has 2 N–H and O–H groups in total. The summed E-state index contributed by atoms with van der Waals surface area (Å²) >= 11 is 5.92. The molecule has 3 rings (SSSR count). The fraction of sp³-hybridized carbons (Fsp3) is 0.105. The first-order chi connectivity index (χ1) is 13.0. The molecule has 0 saturated carbocycles. The Morgan fingerprint density at radius 3 is 2.59 bits per heavy atom. The summed E-state index contributed by atoms with van der Waals surface area (Å²) < 4.78 is 26.5. The number of carbonyl (C=O) groups is 1. The highest BCUT2D eigenvalue weighted by Crippen LogP contribution is 2.19. The van der Waals surface area contributed by atoms with Crippen LogP contribution in [-0.4, -0.2) is 22.6 Å². The van der Waals surface area contributed by atoms with Crippen LogP contribution in [-0.2, 0) is 6.42 Å². The maximum Gasteiger partial charge on any atom is 0.271 e. The third-order valence-electron chi connectivity index (χ3n) is 3.68. The highest BCUT2D eigenvalue weighted by atomic mass is 35.5. The van der Waals surface area contributed by atoms with Gasteiger partial charge in [0.1, 0.15) is 11.6 Å². The third kappa shape index (κ3) is 5.21. The van der Waals surface area contributed by atoms with Crippen molar-refractivity contribution in [3.05, 3.63) is 82.5 Å². The minimum absolute atomic E-state index is 0.0597. The molecule has 1 amide bonds. The molecule has 0 atom stereocenters. The first kappa shape index (κ1) is 18.7. The zero-order valence-electron chi connectivity index (χ0n) is 14.0. The predicted molar refractivity (Wildman–Crippen MR) is 99.2 cm³/mol. The van der Waals surface area contributed by atoms with Crippen molar-refractivity contribution < 1.29 is 13.6 Å². The Labute approximate surface area is 159 Å². The van der Waals surface area contributed by atoms with Crippen molar-refractivity contribution in [2.45, 2.75) is 6.42 Å². The lowest BCUT2D eigenvalue weighted by Crippen LogP contribution is -2.26. The number of nitrogens with zero attached hydrogens (tertiary/aromatic N) is 2. The second-order valence-corrected chi connectivity index (χ2v) is 6.13. The molecule has 0 fully saturated rings. The van der Waals surface area contributed by atoms with Gasteiger partial charge >= 0.3 is 0 Å². The van der Waals surface area contributed by atoms with Gasteiger partial charge in [-0.25, -0.2) is 8.78 Å². The summed E-state index contributed by atoms with van der Waals surface area (Å²) in [6.07, 6.45) is 0.628. The third-order valence-corrected chi connectivity index (χ3v) is 3.91. The molecule has 5 nitrogen and oxygen atoms in total. The largest absolute Gasteiger partial charge is 0.350 e. The van der Waals surface area contributed by atoms with E-state index in [1.54, 1.807) is 6.07 Å². The Morgan fingerprint density at radius 1 is 1.04 bits per heavy atom. The fourth-order valence-electron chi connectivity index (χ4n) is 2.35. The molecular weight excluding hydrogens is 374 g/mol. The van der Waals surface area contributed by atoms with Gasteiger partial charge < -0.3 is 10.6 Å². The van der Waals surface area contributed by atoms with E-state index >= 15 is 0 Å². The number of aromatic nitrogens is 2. The number of carbonyl (C=O) groups excluding carboxylic acids is 1. The maximum atomic E-state index is 13.6. The minimum Gasteiger partial charge on any atom is -0.350 e. The van der Waals surface area contributed by atoms with Crippen LogP contribution in [0.4, 0.5) is 20.3 Å². The molecule has 138 valence electrons. The van der Waals surface area contributed by atoms with Gasteiger partial charge in [-0.2, -0.15) is 0 Å². The molecule has 2 aromatic carbocycles. The van der Waals surface area contributed by atoms with E-state index in [2.05, 4.69) is 20.8 Å². The molecule has 8 heteroatoms. The number of hydrogen-bond acceptors (Lipinski definition) is 4. The molecule has 0 spiro atoms. The minimum atomic E-state index is -0.750. The molecular formula is C19H15ClF2N4O. The highest BCUT2D eigenvalue weighted by Gasteiger charge is 2.09. The fourth-order valence-corrected chi connectivity index (χ4v) is 2.57. The van der Waals surface area contributed by atoms with E-state index < -0.39 is 11.6 Å². The van der Waals surface area contributed by atoms with Crippen molar-refractivity contribution in [1.29, 1.82) is 0 Å². The molecule has 0 saturated heterocycles. The number of anilines is 2. The number of nitrogens with one attached hydrogen (secondary N) is 2. The zero-order chi connectivity index (χ0) is 19.2. The lowest BCUT2D eigenvalue weighted by atomic mass is 10.1. The number of hydrogen-bond donors (Lipinski definition) is 2. The second-order valence-electron chi connectivity index (χ2n) is 5.69. The van der Waals surface area contributed by atoms with Gasteiger partial charge in [0, 0.05) is 17.6 Å². The van der Waals surface area contributed by atoms with Crippen LogP contribution in [0.15, 0.2) is 54.6 Å². The van der Waals surface area contributed by atoms with E-state index in [0.29, 0.717) is 18.0 Å². The summed E-state index contributed by atoms with van der Waals surface area (Å²) in [6, 6.07) is 13.5. The van der Waals surface area contributed by atoms with Crippen LogP contribution in [0.1, 0.15) is 16.1 Å². The van der Waals surface area contributed by atoms with Gasteiger partial charge in [-0.1, -0.05) is 23.7 Å². The van der Waals surface area contributed by atoms with Crippen LogP contribution < -0.4 is 10.6 Å². The van der Waals surface area contributed by atoms with Crippen molar-refractivity contribution >= 4 is 29.0 Å². The summed E-state index contributed by atoms with van der Waals surface area (Å²) in [4.78, 5) is 12.1. The standard InChI is InChI=1S/C19H15ClF2N4O/c20-13-3-1-2-12(10-13)8-9-23-19(27)17-6-7-18(26-25-17)24-16-5-4-14(21)11-15(16)22/h1-7,10-11H,8-9H2,(H,23,27)(H,24,26). The van der Waals surface area contributed by atoms with Gasteiger partial charge in [-0.15, -0.1) is 10.2 Å². The first-order valence-electron chi connectivity index (χ1n) is 8.10. The Bertz CT molecular complexity index is 951. The quantitative estimate of drug-likeness (QED) is 0.666. The Kier molecular flexibility index (Phi) is 5.93. The predicted octanol–water partition coefficient (Wildman–Crippen LogP) is 4.12. The topological polar surface area (TPSA) is 66.9 Å². The monoisotopic (exact) mass is 388 g/mol. The van der Waals surface area contributed by atoms with Crippen molar-refractivity contribution in [3.8, 4) is 0 Å². The van der Waals surface area contributed by atoms with E-state index in [4.69, 9.17) is 11.6 Å². The van der Waals surface area contributed by atoms with Gasteiger partial charge in [-0.3, -0.25) is 4.79 Å². The van der Waals surface area contributed by atoms with Crippen LogP contribution in [0, 0.1) is 11.6 Å². The summed E-state index contributed by atoms with van der Waals surface area (Å²) in [6.45, 7) is 0.418. The van der Waals surface area contributed by atoms with Crippen molar-refractivity contribution in [3.63, 3.8) is 0 Å². The smallest absolute Gasteiger partial charge is 0.271 e. The molecule has 0 unspecified atom stereocenters. The Balaban J connectivity index is 1.55. The number of halogens is 3. The van der Waals surface area contributed by atoms with Gasteiger partial charge in [-0.05, 0) is 48.4 Å². The van der Waals surface area contributed by atoms with E-state index in [0.717, 1.165) is 17.7 Å². The summed E-state index contributed by atoms with van der Waals surface area (Å²) in [7, 11) is 0. The lowest BCUT2D eigenvalue weighted by molar-refractivity contribution is 0.0948. The average molecular weight is 389 g/mol. The molecule has 0 radical (unpaired) electrons. The molecule has 0 bridgehead atoms. The van der Waals surface area contributed by atoms with E-state index in [-0.39, 0.29) is 23.1 Å². The molecule has 1 aromatic heterocycles. The molecule has 1 heterocycles. The summed E-state index contributed by atoms with van der Waals surface area (Å²) in [5.74, 6) is -1.56. The van der Waals surface area contributed by atoms with Crippen LogP contribution in [0.5, 0.6) is 0 Å². The van der Waals surface area contributed by atoms with Crippen molar-refractivity contribution in [1.82, 2.24) is 15.5 Å². The molecule has 27 heavy (non-hydrogen) atoms. The van der Waals surface area contributed by atoms with Gasteiger partial charge in [0.05, 0.1) is 5.69 Å². The van der Waals surface area contributed by atoms with Crippen LogP contribution in [0.3, 0.4) is 0 Å². The Hall–Kier alpha value is -3.06. The molecule has 0 aliphatic rings. The van der Waals surface area contributed by atoms with Crippen LogP contribution >= 0.6 is 11.6 Å². The van der Waals surface area contributed by atoms with Gasteiger partial charge in [0.25, 0.3) is 5.91 Å². The second kappa shape index (κ2) is 8.55. The van der Waals surface area contributed by atoms with Crippen molar-refractivity contribution in [2.24, 2.45) is 0 Å². The van der Waals surface area contributed by atoms with Crippen LogP contribution in [0.2, 0.25) is 5.02 Å². The normalized spacial score (nSPS) is 10.5. The molecule has 0 aliphatic heterocycles. The highest BCUT2D eigenvalue weighted by molar-refractivity contribution is 6.30. The maximum absolute atomic E-state index is 13.6. The van der Waals surface area contributed by atoms with E-state index in [9.17, 15) is 13.6 Å². The van der Waals surface area contributed by atoms with Crippen molar-refractivity contribution in [2.75, 3.05) is 11.9 Å². The number of amides is 1. The molecule has 0 aliphatic carbocycles. The first-order valence-corrected chi connectivity index (χ1v) is 8.47. The number of benzene rings is 2. The lowest BCUT2D eigenvalue weighted by Gasteiger charge is -2.07. The summed E-state index contributed by atoms with van der Waals surface area (Å²) in [5, 5.41) is 13.7. The van der Waals surface area contributed by atoms with Gasteiger partial charge in [0.2, 0.25) is 0 Å².